The Morgan fingerprint density at radius 3 is 2.96 bits per heavy atom. The summed E-state index contributed by atoms with van der Waals surface area (Å²) in [6, 6.07) is 14.0. The third kappa shape index (κ3) is 3.51. The van der Waals surface area contributed by atoms with E-state index in [0.717, 1.165) is 16.5 Å². The number of anilines is 1. The number of benzene rings is 2. The maximum absolute atomic E-state index is 13.4. The molecule has 1 aliphatic heterocycles. The van der Waals surface area contributed by atoms with Crippen LogP contribution in [0, 0.1) is 5.82 Å². The lowest BCUT2D eigenvalue weighted by molar-refractivity contribution is -0.126. The molecule has 2 N–H and O–H groups in total. The fourth-order valence-corrected chi connectivity index (χ4v) is 3.48. The number of hydrogen-bond donors (Lipinski definition) is 2. The standard InChI is InChI=1S/C21H18FN3O2/c22-15-6-7-16-17(12-19(26)25-18(16)11-15)21(27)24-10-8-14-4-1-3-13-5-2-9-23-20(13)14/h1-7,9,11,17H,8,10,12H2,(H,24,27)(H,25,26)/t17-/m0/s1. The van der Waals surface area contributed by atoms with E-state index in [-0.39, 0.29) is 18.2 Å². The minimum absolute atomic E-state index is 0.0558. The summed E-state index contributed by atoms with van der Waals surface area (Å²) in [6.07, 6.45) is 2.44. The van der Waals surface area contributed by atoms with E-state index in [1.165, 1.54) is 12.1 Å². The smallest absolute Gasteiger partial charge is 0.228 e. The molecule has 2 amide bonds. The number of carbonyl (C=O) groups is 2. The van der Waals surface area contributed by atoms with E-state index < -0.39 is 11.7 Å². The van der Waals surface area contributed by atoms with E-state index in [9.17, 15) is 14.0 Å². The number of aromatic nitrogens is 1. The normalized spacial score (nSPS) is 15.9. The van der Waals surface area contributed by atoms with Gasteiger partial charge in [-0.25, -0.2) is 4.39 Å². The summed E-state index contributed by atoms with van der Waals surface area (Å²) in [6.45, 7) is 0.434. The summed E-state index contributed by atoms with van der Waals surface area (Å²) < 4.78 is 13.4. The zero-order valence-electron chi connectivity index (χ0n) is 14.5. The van der Waals surface area contributed by atoms with Crippen molar-refractivity contribution in [3.05, 3.63) is 71.7 Å². The fourth-order valence-electron chi connectivity index (χ4n) is 3.48. The number of para-hydroxylation sites is 1. The van der Waals surface area contributed by atoms with Crippen molar-refractivity contribution in [2.75, 3.05) is 11.9 Å². The summed E-state index contributed by atoms with van der Waals surface area (Å²) in [7, 11) is 0. The van der Waals surface area contributed by atoms with Crippen LogP contribution in [0.25, 0.3) is 10.9 Å². The van der Waals surface area contributed by atoms with Gasteiger partial charge < -0.3 is 10.6 Å². The third-order valence-corrected chi connectivity index (χ3v) is 4.78. The highest BCUT2D eigenvalue weighted by molar-refractivity contribution is 6.01. The van der Waals surface area contributed by atoms with E-state index >= 15 is 0 Å². The Balaban J connectivity index is 1.46. The Labute approximate surface area is 155 Å². The number of carbonyl (C=O) groups excluding carboxylic acids is 2. The Kier molecular flexibility index (Phi) is 4.54. The van der Waals surface area contributed by atoms with Crippen molar-refractivity contribution in [3.63, 3.8) is 0 Å². The molecule has 0 saturated carbocycles. The first-order chi connectivity index (χ1) is 13.1. The SMILES string of the molecule is O=C1C[C@H](C(=O)NCCc2cccc3cccnc23)c2ccc(F)cc2N1. The van der Waals surface area contributed by atoms with Crippen molar-refractivity contribution >= 4 is 28.4 Å². The van der Waals surface area contributed by atoms with E-state index in [0.29, 0.717) is 24.2 Å². The highest BCUT2D eigenvalue weighted by Gasteiger charge is 2.30. The van der Waals surface area contributed by atoms with Crippen LogP contribution in [-0.2, 0) is 16.0 Å². The minimum Gasteiger partial charge on any atom is -0.355 e. The Bertz CT molecular complexity index is 1030. The largest absolute Gasteiger partial charge is 0.355 e. The van der Waals surface area contributed by atoms with Crippen molar-refractivity contribution in [3.8, 4) is 0 Å². The van der Waals surface area contributed by atoms with Crippen molar-refractivity contribution in [2.24, 2.45) is 0 Å². The number of nitrogens with zero attached hydrogens (tertiary/aromatic N) is 1. The number of amides is 2. The van der Waals surface area contributed by atoms with Gasteiger partial charge in [-0.1, -0.05) is 30.3 Å². The number of hydrogen-bond acceptors (Lipinski definition) is 3. The van der Waals surface area contributed by atoms with Gasteiger partial charge in [-0.05, 0) is 35.7 Å². The molecule has 1 aromatic heterocycles. The van der Waals surface area contributed by atoms with Crippen LogP contribution >= 0.6 is 0 Å². The number of rotatable bonds is 4. The van der Waals surface area contributed by atoms with Gasteiger partial charge in [-0.2, -0.15) is 0 Å². The predicted molar refractivity (Wildman–Crippen MR) is 101 cm³/mol. The highest BCUT2D eigenvalue weighted by atomic mass is 19.1. The van der Waals surface area contributed by atoms with Gasteiger partial charge in [-0.3, -0.25) is 14.6 Å². The molecule has 0 bridgehead atoms. The van der Waals surface area contributed by atoms with Crippen molar-refractivity contribution in [1.82, 2.24) is 10.3 Å². The average Bonchev–Trinajstić information content (AvgIpc) is 2.67. The summed E-state index contributed by atoms with van der Waals surface area (Å²) in [5.41, 5.74) is 2.98. The Morgan fingerprint density at radius 1 is 1.22 bits per heavy atom. The zero-order chi connectivity index (χ0) is 18.8. The quantitative estimate of drug-likeness (QED) is 0.748. The van der Waals surface area contributed by atoms with Crippen molar-refractivity contribution in [1.29, 1.82) is 0 Å². The van der Waals surface area contributed by atoms with Crippen LogP contribution in [0.4, 0.5) is 10.1 Å². The monoisotopic (exact) mass is 363 g/mol. The molecule has 0 radical (unpaired) electrons. The average molecular weight is 363 g/mol. The molecular formula is C21H18FN3O2. The second kappa shape index (κ2) is 7.15. The molecule has 0 aliphatic carbocycles. The molecule has 0 fully saturated rings. The molecule has 2 heterocycles. The van der Waals surface area contributed by atoms with Crippen LogP contribution in [0.3, 0.4) is 0 Å². The molecule has 0 unspecified atom stereocenters. The lowest BCUT2D eigenvalue weighted by Gasteiger charge is -2.25. The molecule has 3 aromatic rings. The first-order valence-corrected chi connectivity index (χ1v) is 8.81. The van der Waals surface area contributed by atoms with Crippen LogP contribution in [0.2, 0.25) is 0 Å². The summed E-state index contributed by atoms with van der Waals surface area (Å²) in [4.78, 5) is 28.9. The van der Waals surface area contributed by atoms with E-state index in [1.54, 1.807) is 12.3 Å². The van der Waals surface area contributed by atoms with Crippen LogP contribution in [0.5, 0.6) is 0 Å². The number of pyridine rings is 1. The van der Waals surface area contributed by atoms with Gasteiger partial charge in [0.1, 0.15) is 5.82 Å². The van der Waals surface area contributed by atoms with Crippen LogP contribution in [0.15, 0.2) is 54.7 Å². The van der Waals surface area contributed by atoms with Gasteiger partial charge in [0, 0.05) is 30.2 Å². The van der Waals surface area contributed by atoms with Gasteiger partial charge >= 0.3 is 0 Å². The molecular weight excluding hydrogens is 345 g/mol. The molecule has 1 atom stereocenters. The minimum atomic E-state index is -0.611. The van der Waals surface area contributed by atoms with E-state index in [2.05, 4.69) is 15.6 Å². The maximum Gasteiger partial charge on any atom is 0.228 e. The van der Waals surface area contributed by atoms with Crippen molar-refractivity contribution < 1.29 is 14.0 Å². The second-order valence-electron chi connectivity index (χ2n) is 6.57. The molecule has 4 rings (SSSR count). The number of fused-ring (bicyclic) bond motifs is 2. The van der Waals surface area contributed by atoms with Gasteiger partial charge in [0.25, 0.3) is 0 Å². The van der Waals surface area contributed by atoms with Gasteiger partial charge in [-0.15, -0.1) is 0 Å². The molecule has 5 nitrogen and oxygen atoms in total. The number of nitrogens with one attached hydrogen (secondary N) is 2. The van der Waals surface area contributed by atoms with Gasteiger partial charge in [0.2, 0.25) is 11.8 Å². The zero-order valence-corrected chi connectivity index (χ0v) is 14.5. The molecule has 27 heavy (non-hydrogen) atoms. The van der Waals surface area contributed by atoms with Crippen molar-refractivity contribution in [2.45, 2.75) is 18.8 Å². The Morgan fingerprint density at radius 2 is 2.07 bits per heavy atom. The molecule has 136 valence electrons. The topological polar surface area (TPSA) is 71.1 Å². The summed E-state index contributed by atoms with van der Waals surface area (Å²) in [5, 5.41) is 6.58. The highest BCUT2D eigenvalue weighted by Crippen LogP contribution is 2.32. The first-order valence-electron chi connectivity index (χ1n) is 8.81. The fraction of sp³-hybridized carbons (Fsp3) is 0.190. The second-order valence-corrected chi connectivity index (χ2v) is 6.57. The van der Waals surface area contributed by atoms with E-state index in [4.69, 9.17) is 0 Å². The maximum atomic E-state index is 13.4. The van der Waals surface area contributed by atoms with Crippen LogP contribution in [0.1, 0.15) is 23.5 Å². The first kappa shape index (κ1) is 17.1. The predicted octanol–water partition coefficient (Wildman–Crippen LogP) is 3.16. The van der Waals surface area contributed by atoms with Crippen LogP contribution in [-0.4, -0.2) is 23.3 Å². The Hall–Kier alpha value is -3.28. The van der Waals surface area contributed by atoms with Crippen LogP contribution < -0.4 is 10.6 Å². The molecule has 1 aliphatic rings. The molecule has 0 spiro atoms. The molecule has 2 aromatic carbocycles. The lowest BCUT2D eigenvalue weighted by atomic mass is 9.89. The molecule has 0 saturated heterocycles. The summed E-state index contributed by atoms with van der Waals surface area (Å²) in [5.74, 6) is -1.57. The lowest BCUT2D eigenvalue weighted by Crippen LogP contribution is -2.36. The van der Waals surface area contributed by atoms with E-state index in [1.807, 2.05) is 30.3 Å². The van der Waals surface area contributed by atoms with Gasteiger partial charge in [0.15, 0.2) is 0 Å². The molecule has 6 heteroatoms. The number of halogens is 1. The van der Waals surface area contributed by atoms with Gasteiger partial charge in [0.05, 0.1) is 11.4 Å². The third-order valence-electron chi connectivity index (χ3n) is 4.78. The summed E-state index contributed by atoms with van der Waals surface area (Å²) >= 11 is 0.